The second kappa shape index (κ2) is 8.23. The second-order valence-electron chi connectivity index (χ2n) is 5.83. The Morgan fingerprint density at radius 1 is 1.29 bits per heavy atom. The molecule has 6 nitrogen and oxygen atoms in total. The lowest BCUT2D eigenvalue weighted by Gasteiger charge is -2.09. The Labute approximate surface area is 140 Å². The van der Waals surface area contributed by atoms with Crippen molar-refractivity contribution in [2.45, 2.75) is 19.3 Å². The normalized spacial score (nSPS) is 19.0. The van der Waals surface area contributed by atoms with Crippen molar-refractivity contribution in [2.75, 3.05) is 24.7 Å². The first-order valence-corrected chi connectivity index (χ1v) is 9.54. The fourth-order valence-electron chi connectivity index (χ4n) is 2.56. The third-order valence-electron chi connectivity index (χ3n) is 3.82. The molecule has 0 unspecified atom stereocenters. The SMILES string of the molecule is O=C(COC(=O)C[C@H]1CCS(=O)(=O)C1)NCCc1ccccc1F. The molecule has 0 radical (unpaired) electrons. The van der Waals surface area contributed by atoms with Crippen LogP contribution in [0.5, 0.6) is 0 Å². The summed E-state index contributed by atoms with van der Waals surface area (Å²) in [5, 5.41) is 2.54. The third kappa shape index (κ3) is 5.92. The van der Waals surface area contributed by atoms with Gasteiger partial charge in [-0.25, -0.2) is 12.8 Å². The van der Waals surface area contributed by atoms with Gasteiger partial charge in [-0.15, -0.1) is 0 Å². The van der Waals surface area contributed by atoms with E-state index in [1.165, 1.54) is 6.07 Å². The molecular formula is C16H20FNO5S. The lowest BCUT2D eigenvalue weighted by molar-refractivity contribution is -0.149. The van der Waals surface area contributed by atoms with Gasteiger partial charge in [0.25, 0.3) is 5.91 Å². The van der Waals surface area contributed by atoms with Gasteiger partial charge in [0.2, 0.25) is 0 Å². The van der Waals surface area contributed by atoms with E-state index in [1.54, 1.807) is 18.2 Å². The number of carbonyl (C=O) groups is 2. The van der Waals surface area contributed by atoms with E-state index >= 15 is 0 Å². The number of benzene rings is 1. The van der Waals surface area contributed by atoms with Gasteiger partial charge in [-0.2, -0.15) is 0 Å². The summed E-state index contributed by atoms with van der Waals surface area (Å²) < 4.78 is 40.8. The molecule has 0 saturated carbocycles. The quantitative estimate of drug-likeness (QED) is 0.731. The number of ether oxygens (including phenoxy) is 1. The maximum absolute atomic E-state index is 13.4. The molecular weight excluding hydrogens is 337 g/mol. The molecule has 1 aromatic rings. The molecule has 132 valence electrons. The number of esters is 1. The molecule has 0 aromatic heterocycles. The predicted octanol–water partition coefficient (Wildman–Crippen LogP) is 0.852. The number of rotatable bonds is 7. The summed E-state index contributed by atoms with van der Waals surface area (Å²) in [7, 11) is -3.03. The van der Waals surface area contributed by atoms with Gasteiger partial charge < -0.3 is 10.1 Å². The zero-order valence-electron chi connectivity index (χ0n) is 13.2. The molecule has 8 heteroatoms. The zero-order chi connectivity index (χ0) is 17.6. The van der Waals surface area contributed by atoms with Gasteiger partial charge >= 0.3 is 5.97 Å². The summed E-state index contributed by atoms with van der Waals surface area (Å²) in [5.74, 6) is -1.52. The Kier molecular flexibility index (Phi) is 6.30. The predicted molar refractivity (Wildman–Crippen MR) is 85.5 cm³/mol. The van der Waals surface area contributed by atoms with Crippen LogP contribution in [0.4, 0.5) is 4.39 Å². The molecule has 1 N–H and O–H groups in total. The Bertz CT molecular complexity index is 704. The summed E-state index contributed by atoms with van der Waals surface area (Å²) in [6.45, 7) is -0.187. The lowest BCUT2D eigenvalue weighted by Crippen LogP contribution is -2.30. The first-order chi connectivity index (χ1) is 11.4. The van der Waals surface area contributed by atoms with Crippen LogP contribution in [0.2, 0.25) is 0 Å². The number of carbonyl (C=O) groups excluding carboxylic acids is 2. The highest BCUT2D eigenvalue weighted by Crippen LogP contribution is 2.21. The molecule has 1 saturated heterocycles. The van der Waals surface area contributed by atoms with Crippen molar-refractivity contribution < 1.29 is 27.1 Å². The summed E-state index contributed by atoms with van der Waals surface area (Å²) in [6, 6.07) is 6.29. The first kappa shape index (κ1) is 18.4. The van der Waals surface area contributed by atoms with Crippen molar-refractivity contribution >= 4 is 21.7 Å². The van der Waals surface area contributed by atoms with Crippen LogP contribution in [0.25, 0.3) is 0 Å². The minimum absolute atomic E-state index is 0.00172. The van der Waals surface area contributed by atoms with Gasteiger partial charge in [-0.1, -0.05) is 18.2 Å². The fourth-order valence-corrected chi connectivity index (χ4v) is 4.42. The van der Waals surface area contributed by atoms with Crippen LogP contribution in [0.3, 0.4) is 0 Å². The van der Waals surface area contributed by atoms with Gasteiger partial charge in [0.05, 0.1) is 11.5 Å². The Balaban J connectivity index is 1.62. The van der Waals surface area contributed by atoms with Crippen LogP contribution in [-0.2, 0) is 30.6 Å². The molecule has 1 heterocycles. The van der Waals surface area contributed by atoms with Crippen LogP contribution in [0, 0.1) is 11.7 Å². The van der Waals surface area contributed by atoms with Crippen molar-refractivity contribution in [1.29, 1.82) is 0 Å². The lowest BCUT2D eigenvalue weighted by atomic mass is 10.1. The number of sulfone groups is 1. The van der Waals surface area contributed by atoms with Crippen LogP contribution >= 0.6 is 0 Å². The number of halogens is 1. The van der Waals surface area contributed by atoms with E-state index in [4.69, 9.17) is 4.74 Å². The molecule has 2 rings (SSSR count). The Morgan fingerprint density at radius 3 is 2.71 bits per heavy atom. The second-order valence-corrected chi connectivity index (χ2v) is 8.05. The van der Waals surface area contributed by atoms with E-state index in [0.717, 1.165) is 0 Å². The first-order valence-electron chi connectivity index (χ1n) is 7.72. The number of hydrogen-bond acceptors (Lipinski definition) is 5. The smallest absolute Gasteiger partial charge is 0.306 e. The molecule has 1 aliphatic rings. The van der Waals surface area contributed by atoms with E-state index in [2.05, 4.69) is 5.32 Å². The molecule has 0 spiro atoms. The molecule has 0 aliphatic carbocycles. The highest BCUT2D eigenvalue weighted by atomic mass is 32.2. The minimum atomic E-state index is -3.03. The van der Waals surface area contributed by atoms with Gasteiger partial charge in [0.1, 0.15) is 5.82 Å². The van der Waals surface area contributed by atoms with E-state index in [-0.39, 0.29) is 36.2 Å². The topological polar surface area (TPSA) is 89.5 Å². The monoisotopic (exact) mass is 357 g/mol. The van der Waals surface area contributed by atoms with Crippen LogP contribution < -0.4 is 5.32 Å². The van der Waals surface area contributed by atoms with E-state index in [0.29, 0.717) is 18.4 Å². The molecule has 1 aromatic carbocycles. The molecule has 1 aliphatic heterocycles. The third-order valence-corrected chi connectivity index (χ3v) is 5.66. The summed E-state index contributed by atoms with van der Waals surface area (Å²) in [4.78, 5) is 23.2. The maximum atomic E-state index is 13.4. The molecule has 0 bridgehead atoms. The Hall–Kier alpha value is -1.96. The van der Waals surface area contributed by atoms with Crippen molar-refractivity contribution in [1.82, 2.24) is 5.32 Å². The number of nitrogens with one attached hydrogen (secondary N) is 1. The fraction of sp³-hybridized carbons (Fsp3) is 0.500. The minimum Gasteiger partial charge on any atom is -0.456 e. The van der Waals surface area contributed by atoms with Gasteiger partial charge in [-0.3, -0.25) is 9.59 Å². The Morgan fingerprint density at radius 2 is 2.04 bits per heavy atom. The standard InChI is InChI=1S/C16H20FNO5S/c17-14-4-2-1-3-13(14)5-7-18-15(19)10-23-16(20)9-12-6-8-24(21,22)11-12/h1-4,12H,5-11H2,(H,18,19)/t12-/m1/s1. The molecule has 1 amide bonds. The highest BCUT2D eigenvalue weighted by Gasteiger charge is 2.29. The van der Waals surface area contributed by atoms with E-state index in [9.17, 15) is 22.4 Å². The van der Waals surface area contributed by atoms with Crippen LogP contribution in [0.15, 0.2) is 24.3 Å². The summed E-state index contributed by atoms with van der Waals surface area (Å²) >= 11 is 0. The summed E-state index contributed by atoms with van der Waals surface area (Å²) in [6.07, 6.45) is 0.792. The van der Waals surface area contributed by atoms with E-state index < -0.39 is 28.3 Å². The van der Waals surface area contributed by atoms with E-state index in [1.807, 2.05) is 0 Å². The van der Waals surface area contributed by atoms with Crippen molar-refractivity contribution in [2.24, 2.45) is 5.92 Å². The zero-order valence-corrected chi connectivity index (χ0v) is 14.0. The highest BCUT2D eigenvalue weighted by molar-refractivity contribution is 7.91. The van der Waals surface area contributed by atoms with Crippen molar-refractivity contribution in [3.8, 4) is 0 Å². The van der Waals surface area contributed by atoms with Gasteiger partial charge in [0.15, 0.2) is 16.4 Å². The molecule has 24 heavy (non-hydrogen) atoms. The molecule has 1 atom stereocenters. The summed E-state index contributed by atoms with van der Waals surface area (Å²) in [5.41, 5.74) is 0.497. The van der Waals surface area contributed by atoms with Gasteiger partial charge in [-0.05, 0) is 30.4 Å². The molecule has 1 fully saturated rings. The average Bonchev–Trinajstić information content (AvgIpc) is 2.86. The van der Waals surface area contributed by atoms with Gasteiger partial charge in [0, 0.05) is 13.0 Å². The average molecular weight is 357 g/mol. The van der Waals surface area contributed by atoms with Crippen molar-refractivity contribution in [3.63, 3.8) is 0 Å². The largest absolute Gasteiger partial charge is 0.456 e. The maximum Gasteiger partial charge on any atom is 0.306 e. The van der Waals surface area contributed by atoms with Crippen LogP contribution in [-0.4, -0.2) is 45.0 Å². The number of amides is 1. The van der Waals surface area contributed by atoms with Crippen molar-refractivity contribution in [3.05, 3.63) is 35.6 Å². The van der Waals surface area contributed by atoms with Crippen LogP contribution in [0.1, 0.15) is 18.4 Å². The number of hydrogen-bond donors (Lipinski definition) is 1.